The molecule has 1 aromatic rings. The van der Waals surface area contributed by atoms with Crippen LogP contribution in [0.2, 0.25) is 5.28 Å². The third kappa shape index (κ3) is 1.57. The van der Waals surface area contributed by atoms with Crippen LogP contribution in [0.25, 0.3) is 0 Å². The van der Waals surface area contributed by atoms with Gasteiger partial charge >= 0.3 is 0 Å². The molecule has 0 N–H and O–H groups in total. The summed E-state index contributed by atoms with van der Waals surface area (Å²) in [5.41, 5.74) is 0.478. The van der Waals surface area contributed by atoms with E-state index in [-0.39, 0.29) is 0 Å². The Hall–Kier alpha value is -0.570. The van der Waals surface area contributed by atoms with Gasteiger partial charge in [-0.25, -0.2) is 0 Å². The lowest BCUT2D eigenvalue weighted by Crippen LogP contribution is -2.33. The molecule has 13 heavy (non-hydrogen) atoms. The first-order valence-electron chi connectivity index (χ1n) is 4.79. The average molecular weight is 200 g/mol. The van der Waals surface area contributed by atoms with Crippen molar-refractivity contribution in [1.29, 1.82) is 0 Å². The predicted octanol–water partition coefficient (Wildman–Crippen LogP) is 2.51. The van der Waals surface area contributed by atoms with E-state index in [0.717, 1.165) is 6.54 Å². The van der Waals surface area contributed by atoms with Crippen LogP contribution < -0.4 is 0 Å². The molecule has 0 unspecified atom stereocenters. The number of nitrogens with zero attached hydrogens (tertiary/aromatic N) is 3. The van der Waals surface area contributed by atoms with Crippen LogP contribution in [0.3, 0.4) is 0 Å². The Balaban J connectivity index is 2.08. The summed E-state index contributed by atoms with van der Waals surface area (Å²) in [4.78, 5) is 0. The molecule has 0 saturated heterocycles. The van der Waals surface area contributed by atoms with Gasteiger partial charge in [0.2, 0.25) is 5.28 Å². The van der Waals surface area contributed by atoms with Gasteiger partial charge in [0.1, 0.15) is 6.33 Å². The van der Waals surface area contributed by atoms with Crippen molar-refractivity contribution in [2.24, 2.45) is 5.41 Å². The van der Waals surface area contributed by atoms with Crippen LogP contribution in [0.15, 0.2) is 6.33 Å². The molecule has 0 amide bonds. The van der Waals surface area contributed by atoms with Crippen LogP contribution in [0.1, 0.15) is 32.6 Å². The van der Waals surface area contributed by atoms with Gasteiger partial charge in [-0.1, -0.05) is 13.3 Å². The van der Waals surface area contributed by atoms with Gasteiger partial charge in [0.05, 0.1) is 0 Å². The molecule has 0 aromatic carbocycles. The lowest BCUT2D eigenvalue weighted by Gasteiger charge is -2.41. The molecular formula is C9H14ClN3. The molecular weight excluding hydrogens is 186 g/mol. The van der Waals surface area contributed by atoms with E-state index in [4.69, 9.17) is 11.6 Å². The zero-order valence-corrected chi connectivity index (χ0v) is 8.59. The van der Waals surface area contributed by atoms with Gasteiger partial charge in [0.25, 0.3) is 0 Å². The third-order valence-electron chi connectivity index (χ3n) is 3.24. The smallest absolute Gasteiger partial charge is 0.224 e. The molecule has 0 radical (unpaired) electrons. The number of rotatable bonds is 3. The van der Waals surface area contributed by atoms with Crippen molar-refractivity contribution in [1.82, 2.24) is 14.8 Å². The van der Waals surface area contributed by atoms with Crippen molar-refractivity contribution in [3.63, 3.8) is 0 Å². The Morgan fingerprint density at radius 2 is 2.38 bits per heavy atom. The topological polar surface area (TPSA) is 30.7 Å². The highest BCUT2D eigenvalue weighted by molar-refractivity contribution is 6.28. The minimum absolute atomic E-state index is 0.478. The lowest BCUT2D eigenvalue weighted by atomic mass is 9.67. The van der Waals surface area contributed by atoms with E-state index in [2.05, 4.69) is 17.1 Å². The van der Waals surface area contributed by atoms with E-state index in [0.29, 0.717) is 10.7 Å². The molecule has 2 rings (SSSR count). The minimum Gasteiger partial charge on any atom is -0.304 e. The second-order valence-electron chi connectivity index (χ2n) is 3.93. The summed E-state index contributed by atoms with van der Waals surface area (Å²) < 4.78 is 1.95. The molecule has 0 spiro atoms. The SMILES string of the molecule is CCC1(Cn2cnnc2Cl)CCC1. The monoisotopic (exact) mass is 199 g/mol. The molecule has 1 heterocycles. The summed E-state index contributed by atoms with van der Waals surface area (Å²) in [6.07, 6.45) is 6.93. The number of hydrogen-bond donors (Lipinski definition) is 0. The van der Waals surface area contributed by atoms with Crippen molar-refractivity contribution in [2.75, 3.05) is 0 Å². The van der Waals surface area contributed by atoms with Crippen LogP contribution >= 0.6 is 11.6 Å². The van der Waals surface area contributed by atoms with Gasteiger partial charge in [0, 0.05) is 6.54 Å². The summed E-state index contributed by atoms with van der Waals surface area (Å²) in [6.45, 7) is 3.23. The van der Waals surface area contributed by atoms with Crippen molar-refractivity contribution in [3.8, 4) is 0 Å². The van der Waals surface area contributed by atoms with E-state index in [9.17, 15) is 0 Å². The molecule has 0 aliphatic heterocycles. The maximum atomic E-state index is 5.87. The fourth-order valence-electron chi connectivity index (χ4n) is 2.01. The number of halogens is 1. The lowest BCUT2D eigenvalue weighted by molar-refractivity contribution is 0.100. The maximum absolute atomic E-state index is 5.87. The average Bonchev–Trinajstić information content (AvgIpc) is 2.44. The molecule has 1 aliphatic rings. The normalized spacial score (nSPS) is 19.8. The zero-order chi connectivity index (χ0) is 9.31. The van der Waals surface area contributed by atoms with E-state index >= 15 is 0 Å². The van der Waals surface area contributed by atoms with Crippen LogP contribution in [0.5, 0.6) is 0 Å². The maximum Gasteiger partial charge on any atom is 0.224 e. The first kappa shape index (κ1) is 9.00. The highest BCUT2D eigenvalue weighted by Gasteiger charge is 2.35. The van der Waals surface area contributed by atoms with Gasteiger partial charge in [-0.15, -0.1) is 10.2 Å². The summed E-state index contributed by atoms with van der Waals surface area (Å²) in [5.74, 6) is 0. The Kier molecular flexibility index (Phi) is 2.28. The van der Waals surface area contributed by atoms with Gasteiger partial charge in [-0.2, -0.15) is 0 Å². The largest absolute Gasteiger partial charge is 0.304 e. The van der Waals surface area contributed by atoms with Crippen molar-refractivity contribution in [2.45, 2.75) is 39.2 Å². The third-order valence-corrected chi connectivity index (χ3v) is 3.53. The standard InChI is InChI=1S/C9H14ClN3/c1-2-9(4-3-5-9)6-13-7-11-12-8(13)10/h7H,2-6H2,1H3. The summed E-state index contributed by atoms with van der Waals surface area (Å²) in [7, 11) is 0. The Morgan fingerprint density at radius 1 is 1.62 bits per heavy atom. The van der Waals surface area contributed by atoms with Gasteiger partial charge < -0.3 is 4.57 Å². The fourth-order valence-corrected chi connectivity index (χ4v) is 2.16. The number of aromatic nitrogens is 3. The van der Waals surface area contributed by atoms with Gasteiger partial charge in [-0.05, 0) is 36.3 Å². The Bertz CT molecular complexity index is 285. The van der Waals surface area contributed by atoms with Crippen LogP contribution in [0.4, 0.5) is 0 Å². The molecule has 1 fully saturated rings. The highest BCUT2D eigenvalue weighted by Crippen LogP contribution is 2.45. The summed E-state index contributed by atoms with van der Waals surface area (Å²) >= 11 is 5.87. The molecule has 0 bridgehead atoms. The van der Waals surface area contributed by atoms with E-state index in [1.54, 1.807) is 6.33 Å². The predicted molar refractivity (Wildman–Crippen MR) is 51.6 cm³/mol. The van der Waals surface area contributed by atoms with Crippen LogP contribution in [0, 0.1) is 5.41 Å². The second kappa shape index (κ2) is 3.29. The molecule has 1 saturated carbocycles. The van der Waals surface area contributed by atoms with E-state index < -0.39 is 0 Å². The van der Waals surface area contributed by atoms with E-state index in [1.165, 1.54) is 25.7 Å². The second-order valence-corrected chi connectivity index (χ2v) is 4.27. The van der Waals surface area contributed by atoms with Crippen molar-refractivity contribution >= 4 is 11.6 Å². The van der Waals surface area contributed by atoms with E-state index in [1.807, 2.05) is 4.57 Å². The first-order chi connectivity index (χ1) is 6.26. The fraction of sp³-hybridized carbons (Fsp3) is 0.778. The number of hydrogen-bond acceptors (Lipinski definition) is 2. The van der Waals surface area contributed by atoms with Gasteiger partial charge in [-0.3, -0.25) is 0 Å². The van der Waals surface area contributed by atoms with Crippen LogP contribution in [-0.4, -0.2) is 14.8 Å². The Labute approximate surface area is 83.1 Å². The van der Waals surface area contributed by atoms with Crippen molar-refractivity contribution < 1.29 is 0 Å². The Morgan fingerprint density at radius 3 is 2.77 bits per heavy atom. The van der Waals surface area contributed by atoms with Gasteiger partial charge in [0.15, 0.2) is 0 Å². The molecule has 3 nitrogen and oxygen atoms in total. The zero-order valence-electron chi connectivity index (χ0n) is 7.83. The highest BCUT2D eigenvalue weighted by atomic mass is 35.5. The molecule has 4 heteroatoms. The molecule has 1 aromatic heterocycles. The minimum atomic E-state index is 0.478. The van der Waals surface area contributed by atoms with Crippen LogP contribution in [-0.2, 0) is 6.54 Å². The first-order valence-corrected chi connectivity index (χ1v) is 5.17. The van der Waals surface area contributed by atoms with Crippen molar-refractivity contribution in [3.05, 3.63) is 11.6 Å². The summed E-state index contributed by atoms with van der Waals surface area (Å²) in [5, 5.41) is 8.07. The molecule has 1 aliphatic carbocycles. The summed E-state index contributed by atoms with van der Waals surface area (Å²) in [6, 6.07) is 0. The molecule has 72 valence electrons. The quantitative estimate of drug-likeness (QED) is 0.749. The molecule has 0 atom stereocenters.